The van der Waals surface area contributed by atoms with Gasteiger partial charge in [0.1, 0.15) is 0 Å². The van der Waals surface area contributed by atoms with Gasteiger partial charge in [0, 0.05) is 29.5 Å². The Morgan fingerprint density at radius 2 is 2.09 bits per heavy atom. The van der Waals surface area contributed by atoms with Crippen LogP contribution in [0.2, 0.25) is 5.02 Å². The number of carbonyl (C=O) groups excluding carboxylic acids is 1. The summed E-state index contributed by atoms with van der Waals surface area (Å²) in [4.78, 5) is 24.2. The summed E-state index contributed by atoms with van der Waals surface area (Å²) in [5, 5.41) is 9.62. The fourth-order valence-electron chi connectivity index (χ4n) is 4.22. The maximum absolute atomic E-state index is 13.6. The monoisotopic (exact) mass is 451 g/mol. The maximum Gasteiger partial charge on any atom is 0.241 e. The zero-order valence-corrected chi connectivity index (χ0v) is 18.2. The number of nitriles is 1. The van der Waals surface area contributed by atoms with Crippen molar-refractivity contribution < 1.29 is 9.18 Å². The summed E-state index contributed by atoms with van der Waals surface area (Å²) in [7, 11) is 0. The summed E-state index contributed by atoms with van der Waals surface area (Å²) in [5.41, 5.74) is 3.19. The molecular weight excluding hydrogens is 429 g/mol. The normalized spacial score (nSPS) is 17.8. The largest absolute Gasteiger partial charge is 0.347 e. The molecule has 1 amide bonds. The highest BCUT2D eigenvalue weighted by molar-refractivity contribution is 6.30. The van der Waals surface area contributed by atoms with E-state index in [4.69, 9.17) is 16.9 Å². The highest BCUT2D eigenvalue weighted by Gasteiger charge is 2.37. The summed E-state index contributed by atoms with van der Waals surface area (Å²) in [5.74, 6) is -0.0632. The number of hydrogen-bond acceptors (Lipinski definition) is 4. The number of amides is 1. The minimum atomic E-state index is -0.481. The van der Waals surface area contributed by atoms with Gasteiger partial charge in [-0.1, -0.05) is 29.8 Å². The van der Waals surface area contributed by atoms with Gasteiger partial charge in [0.15, 0.2) is 0 Å². The van der Waals surface area contributed by atoms with Crippen LogP contribution >= 0.6 is 11.6 Å². The molecule has 1 unspecified atom stereocenters. The molecule has 0 bridgehead atoms. The second-order valence-electron chi connectivity index (χ2n) is 7.82. The van der Waals surface area contributed by atoms with Gasteiger partial charge >= 0.3 is 0 Å². The second kappa shape index (κ2) is 9.94. The van der Waals surface area contributed by atoms with Crippen LogP contribution in [0.5, 0.6) is 0 Å². The lowest BCUT2D eigenvalue weighted by atomic mass is 9.97. The van der Waals surface area contributed by atoms with E-state index >= 15 is 0 Å². The Labute approximate surface area is 191 Å². The predicted octanol–water partition coefficient (Wildman–Crippen LogP) is 4.30. The number of H-pyrrole nitrogens is 1. The summed E-state index contributed by atoms with van der Waals surface area (Å²) < 4.78 is 13.6. The molecule has 0 saturated carbocycles. The van der Waals surface area contributed by atoms with Crippen molar-refractivity contribution in [1.29, 1.82) is 5.26 Å². The summed E-state index contributed by atoms with van der Waals surface area (Å²) >= 11 is 6.13. The lowest BCUT2D eigenvalue weighted by Crippen LogP contribution is -2.57. The van der Waals surface area contributed by atoms with Crippen LogP contribution in [-0.2, 0) is 11.2 Å². The first kappa shape index (κ1) is 22.0. The number of aromatic nitrogens is 2. The topological polar surface area (TPSA) is 76.0 Å². The number of rotatable bonds is 7. The van der Waals surface area contributed by atoms with Gasteiger partial charge in [-0.25, -0.2) is 4.98 Å². The Morgan fingerprint density at radius 1 is 1.28 bits per heavy atom. The lowest BCUT2D eigenvalue weighted by Gasteiger charge is -2.44. The highest BCUT2D eigenvalue weighted by atomic mass is 35.5. The number of alkyl halides is 1. The average Bonchev–Trinajstić information content (AvgIpc) is 3.34. The van der Waals surface area contributed by atoms with Crippen molar-refractivity contribution in [2.75, 3.05) is 24.7 Å². The number of hydrogen-bond donors (Lipinski definition) is 1. The fourth-order valence-corrected chi connectivity index (χ4v) is 4.41. The third-order valence-electron chi connectivity index (χ3n) is 5.83. The Kier molecular flexibility index (Phi) is 6.84. The summed E-state index contributed by atoms with van der Waals surface area (Å²) in [6.45, 7) is 0.0452. The van der Waals surface area contributed by atoms with E-state index in [1.54, 1.807) is 47.8 Å². The van der Waals surface area contributed by atoms with Crippen LogP contribution in [0.4, 0.5) is 10.1 Å². The molecule has 6 nitrogen and oxygen atoms in total. The zero-order chi connectivity index (χ0) is 22.5. The SMILES string of the molecule is N#Cc1ccc(CC(c2cnc[nH]2)N2CC(=O)N(c3cccc(Cl)c3)C[C@@H]2CCF)cc1. The highest BCUT2D eigenvalue weighted by Crippen LogP contribution is 2.32. The first-order valence-electron chi connectivity index (χ1n) is 10.4. The van der Waals surface area contributed by atoms with Gasteiger partial charge in [-0.2, -0.15) is 5.26 Å². The number of benzene rings is 2. The minimum absolute atomic E-state index is 0.0632. The van der Waals surface area contributed by atoms with Crippen LogP contribution < -0.4 is 4.90 Å². The average molecular weight is 452 g/mol. The molecular formula is C24H23ClFN5O. The van der Waals surface area contributed by atoms with Crippen LogP contribution in [-0.4, -0.2) is 46.6 Å². The van der Waals surface area contributed by atoms with E-state index < -0.39 is 6.67 Å². The fraction of sp³-hybridized carbons (Fsp3) is 0.292. The molecule has 32 heavy (non-hydrogen) atoms. The minimum Gasteiger partial charge on any atom is -0.347 e. The smallest absolute Gasteiger partial charge is 0.241 e. The first-order chi connectivity index (χ1) is 15.6. The van der Waals surface area contributed by atoms with E-state index in [1.807, 2.05) is 18.2 Å². The van der Waals surface area contributed by atoms with E-state index in [0.29, 0.717) is 30.0 Å². The molecule has 2 atom stereocenters. The second-order valence-corrected chi connectivity index (χ2v) is 8.26. The number of carbonyl (C=O) groups is 1. The first-order valence-corrected chi connectivity index (χ1v) is 10.8. The third kappa shape index (κ3) is 4.82. The molecule has 0 aliphatic carbocycles. The lowest BCUT2D eigenvalue weighted by molar-refractivity contribution is -0.123. The molecule has 1 saturated heterocycles. The van der Waals surface area contributed by atoms with Crippen molar-refractivity contribution in [3.63, 3.8) is 0 Å². The predicted molar refractivity (Wildman–Crippen MR) is 121 cm³/mol. The van der Waals surface area contributed by atoms with Crippen molar-refractivity contribution in [2.45, 2.75) is 24.9 Å². The standard InChI is InChI=1S/C24H23ClFN5O/c25-19-2-1-3-20(11-19)31-14-21(8-9-26)30(15-24(31)32)23(22-13-28-16-29-22)10-17-4-6-18(12-27)7-5-17/h1-7,11,13,16,21,23H,8-10,14-15H2,(H,28,29)/t21-,23?/m0/s1. The number of piperazine rings is 1. The molecule has 8 heteroatoms. The van der Waals surface area contributed by atoms with Crippen molar-refractivity contribution >= 4 is 23.2 Å². The molecule has 0 radical (unpaired) electrons. The summed E-state index contributed by atoms with van der Waals surface area (Å²) in [6, 6.07) is 16.3. The van der Waals surface area contributed by atoms with Crippen LogP contribution in [0, 0.1) is 11.3 Å². The van der Waals surface area contributed by atoms with E-state index in [-0.39, 0.29) is 24.5 Å². The van der Waals surface area contributed by atoms with Crippen molar-refractivity contribution in [3.05, 3.63) is 82.9 Å². The van der Waals surface area contributed by atoms with Crippen LogP contribution in [0.3, 0.4) is 0 Å². The Balaban J connectivity index is 1.63. The molecule has 164 valence electrons. The van der Waals surface area contributed by atoms with Gasteiger partial charge in [-0.15, -0.1) is 0 Å². The van der Waals surface area contributed by atoms with E-state index in [2.05, 4.69) is 20.9 Å². The molecule has 0 spiro atoms. The van der Waals surface area contributed by atoms with Gasteiger partial charge < -0.3 is 9.88 Å². The number of imidazole rings is 1. The number of aromatic amines is 1. The van der Waals surface area contributed by atoms with E-state index in [0.717, 1.165) is 16.9 Å². The molecule has 1 aromatic heterocycles. The van der Waals surface area contributed by atoms with Crippen LogP contribution in [0.25, 0.3) is 0 Å². The van der Waals surface area contributed by atoms with Gasteiger partial charge in [0.05, 0.1) is 42.9 Å². The maximum atomic E-state index is 13.6. The molecule has 2 aromatic carbocycles. The van der Waals surface area contributed by atoms with Gasteiger partial charge in [0.2, 0.25) is 5.91 Å². The van der Waals surface area contributed by atoms with E-state index in [1.165, 1.54) is 0 Å². The molecule has 1 aliphatic heterocycles. The Hall–Kier alpha value is -3.21. The molecule has 1 aliphatic rings. The summed E-state index contributed by atoms with van der Waals surface area (Å²) in [6.07, 6.45) is 4.26. The molecule has 2 heterocycles. The number of nitrogens with one attached hydrogen (secondary N) is 1. The molecule has 1 N–H and O–H groups in total. The van der Waals surface area contributed by atoms with Crippen molar-refractivity contribution in [3.8, 4) is 6.07 Å². The quantitative estimate of drug-likeness (QED) is 0.581. The molecule has 3 aromatic rings. The zero-order valence-electron chi connectivity index (χ0n) is 17.4. The Bertz CT molecular complexity index is 1100. The van der Waals surface area contributed by atoms with Gasteiger partial charge in [-0.3, -0.25) is 14.1 Å². The molecule has 1 fully saturated rings. The van der Waals surface area contributed by atoms with Crippen LogP contribution in [0.1, 0.15) is 29.3 Å². The van der Waals surface area contributed by atoms with E-state index in [9.17, 15) is 9.18 Å². The number of nitrogens with zero attached hydrogens (tertiary/aromatic N) is 4. The Morgan fingerprint density at radius 3 is 2.75 bits per heavy atom. The van der Waals surface area contributed by atoms with Crippen LogP contribution in [0.15, 0.2) is 61.1 Å². The third-order valence-corrected chi connectivity index (χ3v) is 6.07. The number of halogens is 2. The van der Waals surface area contributed by atoms with Gasteiger partial charge in [0.25, 0.3) is 0 Å². The van der Waals surface area contributed by atoms with Crippen molar-refractivity contribution in [2.24, 2.45) is 0 Å². The molecule has 4 rings (SSSR count). The van der Waals surface area contributed by atoms with Crippen molar-refractivity contribution in [1.82, 2.24) is 14.9 Å². The van der Waals surface area contributed by atoms with Gasteiger partial charge in [-0.05, 0) is 48.7 Å². The number of anilines is 1.